The minimum Gasteiger partial charge on any atom is -0.380 e. The lowest BCUT2D eigenvalue weighted by atomic mass is 10.2. The van der Waals surface area contributed by atoms with Crippen molar-refractivity contribution in [3.8, 4) is 0 Å². The number of hydrogen-bond acceptors (Lipinski definition) is 4. The lowest BCUT2D eigenvalue weighted by molar-refractivity contribution is 0.128. The smallest absolute Gasteiger partial charge is 0.126 e. The Kier molecular flexibility index (Phi) is 7.01. The average molecular weight is 272 g/mol. The van der Waals surface area contributed by atoms with Crippen molar-refractivity contribution in [1.29, 1.82) is 0 Å². The van der Waals surface area contributed by atoms with Gasteiger partial charge in [0, 0.05) is 26.4 Å². The summed E-state index contributed by atoms with van der Waals surface area (Å²) in [6.45, 7) is 6.63. The van der Waals surface area contributed by atoms with E-state index in [0.29, 0.717) is 5.02 Å². The van der Waals surface area contributed by atoms with E-state index in [-0.39, 0.29) is 6.10 Å². The molecular weight excluding hydrogens is 250 g/mol. The molecule has 0 aliphatic rings. The van der Waals surface area contributed by atoms with E-state index >= 15 is 0 Å². The van der Waals surface area contributed by atoms with Gasteiger partial charge in [-0.1, -0.05) is 18.5 Å². The Balaban J connectivity index is 2.56. The van der Waals surface area contributed by atoms with Crippen LogP contribution in [0.2, 0.25) is 5.02 Å². The van der Waals surface area contributed by atoms with E-state index < -0.39 is 0 Å². The van der Waals surface area contributed by atoms with Crippen molar-refractivity contribution in [3.63, 3.8) is 0 Å². The first-order chi connectivity index (χ1) is 8.67. The van der Waals surface area contributed by atoms with Gasteiger partial charge in [-0.25, -0.2) is 4.98 Å². The van der Waals surface area contributed by atoms with E-state index in [1.54, 1.807) is 13.3 Å². The van der Waals surface area contributed by atoms with Crippen LogP contribution in [-0.2, 0) is 11.3 Å². The molecule has 4 nitrogen and oxygen atoms in total. The second kappa shape index (κ2) is 8.29. The fourth-order valence-electron chi connectivity index (χ4n) is 1.44. The first-order valence-corrected chi connectivity index (χ1v) is 6.67. The molecule has 0 aliphatic carbocycles. The van der Waals surface area contributed by atoms with E-state index in [9.17, 15) is 0 Å². The summed E-state index contributed by atoms with van der Waals surface area (Å²) in [6.07, 6.45) is 2.95. The molecule has 5 heteroatoms. The highest BCUT2D eigenvalue weighted by molar-refractivity contribution is 6.31. The maximum absolute atomic E-state index is 6.11. The number of nitrogens with zero attached hydrogens (tertiary/aromatic N) is 1. The largest absolute Gasteiger partial charge is 0.380 e. The van der Waals surface area contributed by atoms with Gasteiger partial charge in [-0.2, -0.15) is 0 Å². The predicted molar refractivity (Wildman–Crippen MR) is 76.2 cm³/mol. The van der Waals surface area contributed by atoms with Crippen molar-refractivity contribution in [2.45, 2.75) is 32.9 Å². The van der Waals surface area contributed by atoms with Crippen LogP contribution in [0.3, 0.4) is 0 Å². The molecule has 1 aromatic heterocycles. The number of pyridine rings is 1. The van der Waals surface area contributed by atoms with Gasteiger partial charge in [-0.15, -0.1) is 0 Å². The van der Waals surface area contributed by atoms with Gasteiger partial charge in [0.15, 0.2) is 0 Å². The molecule has 102 valence electrons. The molecule has 1 atom stereocenters. The Hall–Kier alpha value is -0.840. The predicted octanol–water partition coefficient (Wildman–Crippen LogP) is 2.68. The number of halogens is 1. The van der Waals surface area contributed by atoms with Gasteiger partial charge < -0.3 is 15.4 Å². The molecule has 1 heterocycles. The fraction of sp³-hybridized carbons (Fsp3) is 0.615. The van der Waals surface area contributed by atoms with Gasteiger partial charge in [0.05, 0.1) is 11.1 Å². The molecule has 0 saturated carbocycles. The maximum atomic E-state index is 6.11. The fourth-order valence-corrected chi connectivity index (χ4v) is 1.61. The molecule has 1 aromatic rings. The van der Waals surface area contributed by atoms with Crippen molar-refractivity contribution in [3.05, 3.63) is 22.8 Å². The second-order valence-electron chi connectivity index (χ2n) is 4.26. The summed E-state index contributed by atoms with van der Waals surface area (Å²) in [5, 5.41) is 7.26. The Morgan fingerprint density at radius 3 is 2.94 bits per heavy atom. The zero-order chi connectivity index (χ0) is 13.4. The topological polar surface area (TPSA) is 46.2 Å². The number of anilines is 1. The molecule has 0 aliphatic heterocycles. The molecule has 18 heavy (non-hydrogen) atoms. The summed E-state index contributed by atoms with van der Waals surface area (Å²) in [7, 11) is 1.70. The van der Waals surface area contributed by atoms with Crippen LogP contribution in [-0.4, -0.2) is 31.3 Å². The summed E-state index contributed by atoms with van der Waals surface area (Å²) in [5.74, 6) is 0.830. The Morgan fingerprint density at radius 2 is 2.28 bits per heavy atom. The van der Waals surface area contributed by atoms with Crippen LogP contribution in [0.4, 0.5) is 5.82 Å². The number of nitrogens with one attached hydrogen (secondary N) is 2. The summed E-state index contributed by atoms with van der Waals surface area (Å²) >= 11 is 6.11. The van der Waals surface area contributed by atoms with Crippen molar-refractivity contribution in [2.24, 2.45) is 0 Å². The van der Waals surface area contributed by atoms with Crippen molar-refractivity contribution in [2.75, 3.05) is 25.5 Å². The Morgan fingerprint density at radius 1 is 1.50 bits per heavy atom. The highest BCUT2D eigenvalue weighted by Gasteiger charge is 2.04. The molecule has 1 unspecified atom stereocenters. The SMILES string of the molecule is CCCNCc1cc(NCC(C)OC)ncc1Cl. The highest BCUT2D eigenvalue weighted by Crippen LogP contribution is 2.17. The van der Waals surface area contributed by atoms with Crippen LogP contribution in [0.15, 0.2) is 12.3 Å². The summed E-state index contributed by atoms with van der Waals surface area (Å²) in [6, 6.07) is 1.98. The molecule has 2 N–H and O–H groups in total. The molecule has 1 rings (SSSR count). The summed E-state index contributed by atoms with van der Waals surface area (Å²) in [4.78, 5) is 4.25. The van der Waals surface area contributed by atoms with Gasteiger partial charge >= 0.3 is 0 Å². The minimum atomic E-state index is 0.157. The summed E-state index contributed by atoms with van der Waals surface area (Å²) < 4.78 is 5.18. The van der Waals surface area contributed by atoms with Crippen LogP contribution in [0.1, 0.15) is 25.8 Å². The molecule has 0 saturated heterocycles. The van der Waals surface area contributed by atoms with E-state index in [1.165, 1.54) is 0 Å². The number of aromatic nitrogens is 1. The molecular formula is C13H22ClN3O. The highest BCUT2D eigenvalue weighted by atomic mass is 35.5. The van der Waals surface area contributed by atoms with Gasteiger partial charge in [0.1, 0.15) is 5.82 Å². The first-order valence-electron chi connectivity index (χ1n) is 6.29. The van der Waals surface area contributed by atoms with Crippen molar-refractivity contribution in [1.82, 2.24) is 10.3 Å². The second-order valence-corrected chi connectivity index (χ2v) is 4.67. The first kappa shape index (κ1) is 15.2. The number of hydrogen-bond donors (Lipinski definition) is 2. The van der Waals surface area contributed by atoms with Crippen LogP contribution in [0.5, 0.6) is 0 Å². The van der Waals surface area contributed by atoms with Crippen LogP contribution in [0.25, 0.3) is 0 Å². The van der Waals surface area contributed by atoms with Crippen molar-refractivity contribution >= 4 is 17.4 Å². The monoisotopic (exact) mass is 271 g/mol. The van der Waals surface area contributed by atoms with Gasteiger partial charge in [-0.3, -0.25) is 0 Å². The lowest BCUT2D eigenvalue weighted by Crippen LogP contribution is -2.19. The standard InChI is InChI=1S/C13H22ClN3O/c1-4-5-15-8-11-6-13(17-9-12(11)14)16-7-10(2)18-3/h6,9-10,15H,4-5,7-8H2,1-3H3,(H,16,17). The molecule has 0 radical (unpaired) electrons. The number of methoxy groups -OCH3 is 1. The Bertz CT molecular complexity index is 360. The van der Waals surface area contributed by atoms with Crippen LogP contribution < -0.4 is 10.6 Å². The quantitative estimate of drug-likeness (QED) is 0.714. The van der Waals surface area contributed by atoms with E-state index in [1.807, 2.05) is 13.0 Å². The lowest BCUT2D eigenvalue weighted by Gasteiger charge is -2.13. The molecule has 0 aromatic carbocycles. The number of ether oxygens (including phenoxy) is 1. The summed E-state index contributed by atoms with van der Waals surface area (Å²) in [5.41, 5.74) is 1.06. The van der Waals surface area contributed by atoms with Gasteiger partial charge in [0.2, 0.25) is 0 Å². The molecule has 0 bridgehead atoms. The molecule has 0 amide bonds. The van der Waals surface area contributed by atoms with E-state index in [2.05, 4.69) is 22.5 Å². The van der Waals surface area contributed by atoms with E-state index in [4.69, 9.17) is 16.3 Å². The Labute approximate surface area is 114 Å². The molecule has 0 spiro atoms. The minimum absolute atomic E-state index is 0.157. The van der Waals surface area contributed by atoms with Gasteiger partial charge in [-0.05, 0) is 31.5 Å². The maximum Gasteiger partial charge on any atom is 0.126 e. The normalized spacial score (nSPS) is 12.4. The third-order valence-corrected chi connectivity index (χ3v) is 2.99. The third-order valence-electron chi connectivity index (χ3n) is 2.65. The molecule has 0 fully saturated rings. The third kappa shape index (κ3) is 5.21. The number of rotatable bonds is 8. The van der Waals surface area contributed by atoms with Gasteiger partial charge in [0.25, 0.3) is 0 Å². The van der Waals surface area contributed by atoms with Crippen molar-refractivity contribution < 1.29 is 4.74 Å². The van der Waals surface area contributed by atoms with Crippen LogP contribution in [0, 0.1) is 0 Å². The zero-order valence-corrected chi connectivity index (χ0v) is 12.0. The van der Waals surface area contributed by atoms with E-state index in [0.717, 1.165) is 37.4 Å². The average Bonchev–Trinajstić information content (AvgIpc) is 2.39. The zero-order valence-electron chi connectivity index (χ0n) is 11.3. The van der Waals surface area contributed by atoms with Crippen LogP contribution >= 0.6 is 11.6 Å².